The molecule has 0 radical (unpaired) electrons. The summed E-state index contributed by atoms with van der Waals surface area (Å²) in [4.78, 5) is 12.2. The Bertz CT molecular complexity index is 813. The van der Waals surface area contributed by atoms with Gasteiger partial charge in [-0.05, 0) is 17.7 Å². The van der Waals surface area contributed by atoms with Crippen LogP contribution in [0.25, 0.3) is 6.08 Å². The Morgan fingerprint density at radius 3 is 2.58 bits per heavy atom. The van der Waals surface area contributed by atoms with Crippen LogP contribution in [-0.2, 0) is 11.4 Å². The molecule has 1 fully saturated rings. The lowest BCUT2D eigenvalue weighted by Gasteiger charge is -2.09. The first-order chi connectivity index (χ1) is 11.7. The number of carbonyl (C=O) groups excluding carboxylic acids is 1. The Labute approximate surface area is 150 Å². The SMILES string of the molecule is O=C1NC(=S)S/C1=C\C=C\c1ccccc1OCc1ccccc1. The maximum atomic E-state index is 11.6. The summed E-state index contributed by atoms with van der Waals surface area (Å²) in [5, 5.41) is 2.59. The number of ether oxygens (including phenoxy) is 1. The first-order valence-electron chi connectivity index (χ1n) is 7.39. The normalized spacial score (nSPS) is 15.9. The van der Waals surface area contributed by atoms with Crippen LogP contribution in [-0.4, -0.2) is 10.2 Å². The molecule has 1 aliphatic heterocycles. The molecular formula is C19H15NO2S2. The number of nitrogens with one attached hydrogen (secondary N) is 1. The van der Waals surface area contributed by atoms with E-state index < -0.39 is 0 Å². The third kappa shape index (κ3) is 4.34. The first-order valence-corrected chi connectivity index (χ1v) is 8.62. The molecule has 1 saturated heterocycles. The molecule has 2 aromatic carbocycles. The fraction of sp³-hybridized carbons (Fsp3) is 0.0526. The molecular weight excluding hydrogens is 338 g/mol. The molecule has 5 heteroatoms. The molecule has 120 valence electrons. The van der Waals surface area contributed by atoms with Gasteiger partial charge in [0, 0.05) is 5.56 Å². The highest BCUT2D eigenvalue weighted by atomic mass is 32.2. The topological polar surface area (TPSA) is 38.3 Å². The van der Waals surface area contributed by atoms with Gasteiger partial charge in [-0.3, -0.25) is 4.79 Å². The first kappa shape index (κ1) is 16.5. The molecule has 0 aliphatic carbocycles. The molecule has 1 heterocycles. The van der Waals surface area contributed by atoms with E-state index in [4.69, 9.17) is 17.0 Å². The van der Waals surface area contributed by atoms with Gasteiger partial charge in [-0.1, -0.05) is 84.7 Å². The van der Waals surface area contributed by atoms with E-state index in [1.165, 1.54) is 11.8 Å². The quantitative estimate of drug-likeness (QED) is 0.642. The lowest BCUT2D eigenvalue weighted by atomic mass is 10.2. The Morgan fingerprint density at radius 1 is 1.08 bits per heavy atom. The van der Waals surface area contributed by atoms with Gasteiger partial charge in [0.15, 0.2) is 0 Å². The highest BCUT2D eigenvalue weighted by molar-refractivity contribution is 8.26. The molecule has 1 aliphatic rings. The molecule has 0 spiro atoms. The van der Waals surface area contributed by atoms with Gasteiger partial charge in [-0.2, -0.15) is 0 Å². The number of benzene rings is 2. The van der Waals surface area contributed by atoms with Crippen LogP contribution in [0.2, 0.25) is 0 Å². The largest absolute Gasteiger partial charge is 0.488 e. The molecule has 24 heavy (non-hydrogen) atoms. The molecule has 0 atom stereocenters. The van der Waals surface area contributed by atoms with Crippen LogP contribution in [0.5, 0.6) is 5.75 Å². The fourth-order valence-electron chi connectivity index (χ4n) is 2.16. The number of carbonyl (C=O) groups is 1. The second kappa shape index (κ2) is 7.95. The molecule has 0 unspecified atom stereocenters. The van der Waals surface area contributed by atoms with Crippen LogP contribution in [0.3, 0.4) is 0 Å². The van der Waals surface area contributed by atoms with E-state index in [0.717, 1.165) is 16.9 Å². The van der Waals surface area contributed by atoms with E-state index in [-0.39, 0.29) is 5.91 Å². The third-order valence-electron chi connectivity index (χ3n) is 3.32. The Hall–Kier alpha value is -2.37. The van der Waals surface area contributed by atoms with Gasteiger partial charge in [0.25, 0.3) is 5.91 Å². The lowest BCUT2D eigenvalue weighted by molar-refractivity contribution is -0.115. The maximum absolute atomic E-state index is 11.6. The van der Waals surface area contributed by atoms with E-state index in [9.17, 15) is 4.79 Å². The number of thioether (sulfide) groups is 1. The van der Waals surface area contributed by atoms with Crippen LogP contribution < -0.4 is 10.1 Å². The van der Waals surface area contributed by atoms with Crippen molar-refractivity contribution in [2.24, 2.45) is 0 Å². The highest BCUT2D eigenvalue weighted by Gasteiger charge is 2.20. The summed E-state index contributed by atoms with van der Waals surface area (Å²) in [5.74, 6) is 0.651. The molecule has 1 N–H and O–H groups in total. The van der Waals surface area contributed by atoms with Crippen LogP contribution in [0.15, 0.2) is 71.7 Å². The second-order valence-corrected chi connectivity index (χ2v) is 6.76. The molecule has 0 aromatic heterocycles. The molecule has 3 nitrogen and oxygen atoms in total. The summed E-state index contributed by atoms with van der Waals surface area (Å²) < 4.78 is 6.40. The number of allylic oxidation sites excluding steroid dienone is 2. The van der Waals surface area contributed by atoms with Crippen LogP contribution in [0.4, 0.5) is 0 Å². The Balaban J connectivity index is 1.70. The van der Waals surface area contributed by atoms with Gasteiger partial charge in [-0.25, -0.2) is 0 Å². The minimum atomic E-state index is -0.150. The van der Waals surface area contributed by atoms with Gasteiger partial charge < -0.3 is 10.1 Å². The predicted octanol–water partition coefficient (Wildman–Crippen LogP) is 4.31. The molecule has 2 aromatic rings. The maximum Gasteiger partial charge on any atom is 0.263 e. The molecule has 3 rings (SSSR count). The van der Waals surface area contributed by atoms with Crippen molar-refractivity contribution in [1.29, 1.82) is 0 Å². The van der Waals surface area contributed by atoms with E-state index in [0.29, 0.717) is 15.8 Å². The summed E-state index contributed by atoms with van der Waals surface area (Å²) in [6.45, 7) is 0.513. The zero-order valence-corrected chi connectivity index (χ0v) is 14.4. The fourth-order valence-corrected chi connectivity index (χ4v) is 3.16. The van der Waals surface area contributed by atoms with Crippen molar-refractivity contribution in [3.05, 3.63) is 82.8 Å². The van der Waals surface area contributed by atoms with Crippen molar-refractivity contribution < 1.29 is 9.53 Å². The van der Waals surface area contributed by atoms with Crippen molar-refractivity contribution in [3.63, 3.8) is 0 Å². The predicted molar refractivity (Wildman–Crippen MR) is 103 cm³/mol. The van der Waals surface area contributed by atoms with Crippen molar-refractivity contribution in [1.82, 2.24) is 5.32 Å². The van der Waals surface area contributed by atoms with Gasteiger partial charge in [0.1, 0.15) is 16.7 Å². The summed E-state index contributed by atoms with van der Waals surface area (Å²) >= 11 is 6.23. The molecule has 0 saturated carbocycles. The number of hydrogen-bond acceptors (Lipinski definition) is 4. The molecule has 1 amide bonds. The van der Waals surface area contributed by atoms with Crippen LogP contribution in [0.1, 0.15) is 11.1 Å². The minimum absolute atomic E-state index is 0.150. The number of rotatable bonds is 5. The van der Waals surface area contributed by atoms with Crippen molar-refractivity contribution in [3.8, 4) is 5.75 Å². The monoisotopic (exact) mass is 353 g/mol. The number of amides is 1. The average molecular weight is 353 g/mol. The van der Waals surface area contributed by atoms with Crippen molar-refractivity contribution in [2.75, 3.05) is 0 Å². The smallest absolute Gasteiger partial charge is 0.263 e. The number of thiocarbonyl (C=S) groups is 1. The number of para-hydroxylation sites is 1. The summed E-state index contributed by atoms with van der Waals surface area (Å²) in [7, 11) is 0. The standard InChI is InChI=1S/C19H15NO2S2/c21-18-17(24-19(23)20-18)12-6-10-15-9-4-5-11-16(15)22-13-14-7-2-1-3-8-14/h1-12H,13H2,(H,20,21,23)/b10-6+,17-12-. The van der Waals surface area contributed by atoms with Gasteiger partial charge in [-0.15, -0.1) is 0 Å². The third-order valence-corrected chi connectivity index (χ3v) is 4.50. The van der Waals surface area contributed by atoms with Gasteiger partial charge >= 0.3 is 0 Å². The second-order valence-electron chi connectivity index (χ2n) is 5.05. The van der Waals surface area contributed by atoms with E-state index in [1.54, 1.807) is 6.08 Å². The van der Waals surface area contributed by atoms with Crippen molar-refractivity contribution in [2.45, 2.75) is 6.61 Å². The minimum Gasteiger partial charge on any atom is -0.488 e. The molecule has 0 bridgehead atoms. The summed E-state index contributed by atoms with van der Waals surface area (Å²) in [5.41, 5.74) is 2.07. The summed E-state index contributed by atoms with van der Waals surface area (Å²) in [6.07, 6.45) is 5.51. The Morgan fingerprint density at radius 2 is 1.83 bits per heavy atom. The highest BCUT2D eigenvalue weighted by Crippen LogP contribution is 2.24. The van der Waals surface area contributed by atoms with E-state index in [2.05, 4.69) is 5.32 Å². The zero-order valence-electron chi connectivity index (χ0n) is 12.8. The average Bonchev–Trinajstić information content (AvgIpc) is 2.92. The van der Waals surface area contributed by atoms with Crippen LogP contribution >= 0.6 is 24.0 Å². The lowest BCUT2D eigenvalue weighted by Crippen LogP contribution is -2.17. The van der Waals surface area contributed by atoms with E-state index >= 15 is 0 Å². The Kier molecular flexibility index (Phi) is 5.46. The van der Waals surface area contributed by atoms with E-state index in [1.807, 2.05) is 66.7 Å². The van der Waals surface area contributed by atoms with Crippen LogP contribution in [0, 0.1) is 0 Å². The zero-order chi connectivity index (χ0) is 16.8. The summed E-state index contributed by atoms with van der Waals surface area (Å²) in [6, 6.07) is 17.8. The van der Waals surface area contributed by atoms with Gasteiger partial charge in [0.05, 0.1) is 4.91 Å². The van der Waals surface area contributed by atoms with Crippen molar-refractivity contribution >= 4 is 40.3 Å². The number of hydrogen-bond donors (Lipinski definition) is 1. The van der Waals surface area contributed by atoms with Gasteiger partial charge in [0.2, 0.25) is 0 Å².